The molecular weight excluding hydrogens is 216 g/mol. The molecule has 2 N–H and O–H groups in total. The molecule has 1 fully saturated rings. The highest BCUT2D eigenvalue weighted by atomic mass is 16.5. The molecule has 17 heavy (non-hydrogen) atoms. The highest BCUT2D eigenvalue weighted by molar-refractivity contribution is 5.32. The molecule has 0 bridgehead atoms. The number of hydrogen-bond acceptors (Lipinski definition) is 5. The van der Waals surface area contributed by atoms with Crippen molar-refractivity contribution in [1.29, 1.82) is 0 Å². The fourth-order valence-corrected chi connectivity index (χ4v) is 2.22. The summed E-state index contributed by atoms with van der Waals surface area (Å²) in [5, 5.41) is 0. The fraction of sp³-hybridized carbons (Fsp3) is 0.667. The van der Waals surface area contributed by atoms with Gasteiger partial charge in [-0.15, -0.1) is 0 Å². The second-order valence-corrected chi connectivity index (χ2v) is 4.63. The number of nitrogens with two attached hydrogens (primary N) is 1. The number of hydrogen-bond donors (Lipinski definition) is 1. The van der Waals surface area contributed by atoms with Crippen LogP contribution in [-0.4, -0.2) is 36.7 Å². The van der Waals surface area contributed by atoms with Gasteiger partial charge in [-0.1, -0.05) is 6.92 Å². The summed E-state index contributed by atoms with van der Waals surface area (Å²) >= 11 is 0. The molecule has 2 rings (SSSR count). The quantitative estimate of drug-likeness (QED) is 0.845. The monoisotopic (exact) mass is 236 g/mol. The van der Waals surface area contributed by atoms with Crippen molar-refractivity contribution < 1.29 is 4.74 Å². The Morgan fingerprint density at radius 2 is 2.18 bits per heavy atom. The Morgan fingerprint density at radius 1 is 1.47 bits per heavy atom. The summed E-state index contributed by atoms with van der Waals surface area (Å²) in [5.74, 6) is 2.69. The molecule has 1 aromatic rings. The number of rotatable bonds is 3. The van der Waals surface area contributed by atoms with Gasteiger partial charge in [0.05, 0.1) is 19.5 Å². The van der Waals surface area contributed by atoms with E-state index in [1.54, 1.807) is 19.5 Å². The van der Waals surface area contributed by atoms with Crippen molar-refractivity contribution in [2.24, 2.45) is 17.6 Å². The first-order valence-electron chi connectivity index (χ1n) is 6.05. The highest BCUT2D eigenvalue weighted by Gasteiger charge is 2.26. The largest absolute Gasteiger partial charge is 0.494 e. The van der Waals surface area contributed by atoms with Crippen LogP contribution in [-0.2, 0) is 0 Å². The predicted octanol–water partition coefficient (Wildman–Crippen LogP) is 0.906. The van der Waals surface area contributed by atoms with E-state index in [2.05, 4.69) is 21.8 Å². The van der Waals surface area contributed by atoms with Crippen LogP contribution < -0.4 is 15.4 Å². The Kier molecular flexibility index (Phi) is 3.78. The van der Waals surface area contributed by atoms with Crippen LogP contribution >= 0.6 is 0 Å². The molecule has 1 aromatic heterocycles. The molecule has 0 aliphatic carbocycles. The van der Waals surface area contributed by atoms with Crippen molar-refractivity contribution in [2.45, 2.75) is 13.3 Å². The van der Waals surface area contributed by atoms with Gasteiger partial charge in [0.1, 0.15) is 0 Å². The molecule has 1 saturated heterocycles. The summed E-state index contributed by atoms with van der Waals surface area (Å²) in [5.41, 5.74) is 5.79. The van der Waals surface area contributed by atoms with Crippen molar-refractivity contribution in [2.75, 3.05) is 31.6 Å². The van der Waals surface area contributed by atoms with Crippen LogP contribution in [0.25, 0.3) is 0 Å². The molecule has 0 saturated carbocycles. The molecule has 0 spiro atoms. The third-order valence-corrected chi connectivity index (χ3v) is 3.55. The predicted molar refractivity (Wildman–Crippen MR) is 67.1 cm³/mol. The lowest BCUT2D eigenvalue weighted by molar-refractivity contribution is 0.305. The number of aromatic nitrogens is 2. The average Bonchev–Trinajstić information content (AvgIpc) is 2.39. The van der Waals surface area contributed by atoms with Crippen molar-refractivity contribution >= 4 is 5.95 Å². The lowest BCUT2D eigenvalue weighted by Gasteiger charge is -2.36. The number of methoxy groups -OCH3 is 1. The van der Waals surface area contributed by atoms with Gasteiger partial charge in [-0.2, -0.15) is 0 Å². The first-order valence-corrected chi connectivity index (χ1v) is 6.05. The van der Waals surface area contributed by atoms with Crippen LogP contribution in [0.4, 0.5) is 5.95 Å². The van der Waals surface area contributed by atoms with Crippen molar-refractivity contribution in [3.63, 3.8) is 0 Å². The van der Waals surface area contributed by atoms with E-state index >= 15 is 0 Å². The van der Waals surface area contributed by atoms with E-state index in [0.29, 0.717) is 17.6 Å². The third-order valence-electron chi connectivity index (χ3n) is 3.55. The number of anilines is 1. The lowest BCUT2D eigenvalue weighted by atomic mass is 9.87. The Hall–Kier alpha value is -1.36. The SMILES string of the molecule is COc1cnc(N2CCC(C)C(CN)C2)nc1. The maximum Gasteiger partial charge on any atom is 0.225 e. The van der Waals surface area contributed by atoms with Gasteiger partial charge in [0.15, 0.2) is 5.75 Å². The van der Waals surface area contributed by atoms with Gasteiger partial charge in [-0.3, -0.25) is 0 Å². The molecule has 94 valence electrons. The van der Waals surface area contributed by atoms with E-state index < -0.39 is 0 Å². The van der Waals surface area contributed by atoms with Crippen LogP contribution in [0.2, 0.25) is 0 Å². The Balaban J connectivity index is 2.06. The number of nitrogens with zero attached hydrogens (tertiary/aromatic N) is 3. The highest BCUT2D eigenvalue weighted by Crippen LogP contribution is 2.24. The van der Waals surface area contributed by atoms with E-state index in [-0.39, 0.29) is 0 Å². The zero-order valence-electron chi connectivity index (χ0n) is 10.5. The van der Waals surface area contributed by atoms with Crippen LogP contribution in [0.1, 0.15) is 13.3 Å². The molecule has 0 amide bonds. The van der Waals surface area contributed by atoms with E-state index in [0.717, 1.165) is 32.0 Å². The van der Waals surface area contributed by atoms with Crippen LogP contribution in [0.15, 0.2) is 12.4 Å². The fourth-order valence-electron chi connectivity index (χ4n) is 2.22. The van der Waals surface area contributed by atoms with E-state index in [4.69, 9.17) is 10.5 Å². The van der Waals surface area contributed by atoms with E-state index in [1.165, 1.54) is 0 Å². The van der Waals surface area contributed by atoms with Gasteiger partial charge < -0.3 is 15.4 Å². The minimum atomic E-state index is 0.537. The van der Waals surface area contributed by atoms with Crippen molar-refractivity contribution in [3.05, 3.63) is 12.4 Å². The van der Waals surface area contributed by atoms with Gasteiger partial charge in [0, 0.05) is 13.1 Å². The molecular formula is C12H20N4O. The molecule has 1 aliphatic rings. The summed E-state index contributed by atoms with van der Waals surface area (Å²) in [6.07, 6.45) is 4.56. The van der Waals surface area contributed by atoms with Gasteiger partial charge >= 0.3 is 0 Å². The minimum absolute atomic E-state index is 0.537. The first-order chi connectivity index (χ1) is 8.24. The van der Waals surface area contributed by atoms with Crippen molar-refractivity contribution in [1.82, 2.24) is 9.97 Å². The Labute approximate surface area is 102 Å². The summed E-state index contributed by atoms with van der Waals surface area (Å²) in [6.45, 7) is 4.95. The molecule has 0 radical (unpaired) electrons. The standard InChI is InChI=1S/C12H20N4O/c1-9-3-4-16(8-10(9)5-13)12-14-6-11(17-2)7-15-12/h6-7,9-10H,3-5,8,13H2,1-2H3. The van der Waals surface area contributed by atoms with Gasteiger partial charge in [0.2, 0.25) is 5.95 Å². The smallest absolute Gasteiger partial charge is 0.225 e. The van der Waals surface area contributed by atoms with Crippen LogP contribution in [0.3, 0.4) is 0 Å². The molecule has 1 aliphatic heterocycles. The lowest BCUT2D eigenvalue weighted by Crippen LogP contribution is -2.43. The van der Waals surface area contributed by atoms with E-state index in [9.17, 15) is 0 Å². The molecule has 2 unspecified atom stereocenters. The molecule has 2 atom stereocenters. The van der Waals surface area contributed by atoms with E-state index in [1.807, 2.05) is 0 Å². The summed E-state index contributed by atoms with van der Waals surface area (Å²) < 4.78 is 5.05. The zero-order valence-corrected chi connectivity index (χ0v) is 10.5. The van der Waals surface area contributed by atoms with Gasteiger partial charge in [-0.05, 0) is 24.8 Å². The van der Waals surface area contributed by atoms with Crippen LogP contribution in [0.5, 0.6) is 5.75 Å². The Bertz CT molecular complexity index is 354. The van der Waals surface area contributed by atoms with Gasteiger partial charge in [0.25, 0.3) is 0 Å². The maximum atomic E-state index is 5.79. The normalized spacial score (nSPS) is 24.8. The third kappa shape index (κ3) is 2.66. The molecule has 5 heteroatoms. The van der Waals surface area contributed by atoms with Crippen molar-refractivity contribution in [3.8, 4) is 5.75 Å². The summed E-state index contributed by atoms with van der Waals surface area (Å²) in [7, 11) is 1.62. The molecule has 5 nitrogen and oxygen atoms in total. The summed E-state index contributed by atoms with van der Waals surface area (Å²) in [4.78, 5) is 10.8. The first kappa shape index (κ1) is 12.1. The maximum absolute atomic E-state index is 5.79. The topological polar surface area (TPSA) is 64.3 Å². The Morgan fingerprint density at radius 3 is 2.76 bits per heavy atom. The number of piperidine rings is 1. The average molecular weight is 236 g/mol. The number of ether oxygens (including phenoxy) is 1. The van der Waals surface area contributed by atoms with Crippen LogP contribution in [0, 0.1) is 11.8 Å². The summed E-state index contributed by atoms with van der Waals surface area (Å²) in [6, 6.07) is 0. The van der Waals surface area contributed by atoms with Gasteiger partial charge in [-0.25, -0.2) is 9.97 Å². The molecule has 2 heterocycles. The molecule has 0 aromatic carbocycles. The zero-order chi connectivity index (χ0) is 12.3. The minimum Gasteiger partial charge on any atom is -0.494 e. The second-order valence-electron chi connectivity index (χ2n) is 4.63. The second kappa shape index (κ2) is 5.31.